The van der Waals surface area contributed by atoms with Crippen LogP contribution in [0.4, 0.5) is 0 Å². The number of hydrogen-bond donors (Lipinski definition) is 0. The van der Waals surface area contributed by atoms with Crippen molar-refractivity contribution in [2.24, 2.45) is 5.92 Å². The summed E-state index contributed by atoms with van der Waals surface area (Å²) in [4.78, 5) is 20.1. The number of esters is 1. The fourth-order valence-electron chi connectivity index (χ4n) is 3.33. The molecule has 1 fully saturated rings. The van der Waals surface area contributed by atoms with E-state index in [1.165, 1.54) is 16.0 Å². The first kappa shape index (κ1) is 19.1. The Hall–Kier alpha value is -1.72. The van der Waals surface area contributed by atoms with Gasteiger partial charge in [0.15, 0.2) is 0 Å². The summed E-state index contributed by atoms with van der Waals surface area (Å²) in [5.41, 5.74) is 2.54. The molecule has 0 atom stereocenters. The van der Waals surface area contributed by atoms with Crippen molar-refractivity contribution >= 4 is 17.3 Å². The number of carbonyl (C=O) groups is 1. The van der Waals surface area contributed by atoms with E-state index >= 15 is 0 Å². The van der Waals surface area contributed by atoms with Crippen LogP contribution in [0.3, 0.4) is 0 Å². The lowest BCUT2D eigenvalue weighted by molar-refractivity contribution is -0.149. The number of benzene rings is 1. The summed E-state index contributed by atoms with van der Waals surface area (Å²) in [6.07, 6.45) is 3.77. The van der Waals surface area contributed by atoms with Gasteiger partial charge in [-0.25, -0.2) is 4.98 Å². The molecule has 0 bridgehead atoms. The van der Waals surface area contributed by atoms with E-state index < -0.39 is 0 Å². The van der Waals surface area contributed by atoms with Crippen LogP contribution in [-0.4, -0.2) is 35.5 Å². The molecule has 140 valence electrons. The first-order valence-electron chi connectivity index (χ1n) is 9.50. The zero-order valence-electron chi connectivity index (χ0n) is 15.9. The Labute approximate surface area is 160 Å². The molecule has 1 aromatic heterocycles. The van der Waals surface area contributed by atoms with E-state index in [1.54, 1.807) is 11.3 Å². The number of nitrogens with zero attached hydrogens (tertiary/aromatic N) is 2. The lowest BCUT2D eigenvalue weighted by atomic mass is 9.97. The molecule has 0 N–H and O–H groups in total. The maximum absolute atomic E-state index is 11.8. The van der Waals surface area contributed by atoms with Crippen LogP contribution in [0.2, 0.25) is 0 Å². The molecule has 2 heterocycles. The Morgan fingerprint density at radius 1 is 1.27 bits per heavy atom. The summed E-state index contributed by atoms with van der Waals surface area (Å²) >= 11 is 1.76. The number of rotatable bonds is 6. The quantitative estimate of drug-likeness (QED) is 0.689. The fraction of sp³-hybridized carbons (Fsp3) is 0.524. The molecule has 1 aliphatic heterocycles. The summed E-state index contributed by atoms with van der Waals surface area (Å²) in [5, 5.41) is 1.08. The fourth-order valence-corrected chi connectivity index (χ4v) is 4.29. The van der Waals surface area contributed by atoms with Gasteiger partial charge in [0.05, 0.1) is 12.5 Å². The van der Waals surface area contributed by atoms with Crippen molar-refractivity contribution in [1.29, 1.82) is 0 Å². The van der Waals surface area contributed by atoms with E-state index in [-0.39, 0.29) is 11.9 Å². The predicted molar refractivity (Wildman–Crippen MR) is 106 cm³/mol. The van der Waals surface area contributed by atoms with Crippen LogP contribution in [-0.2, 0) is 16.1 Å². The topological polar surface area (TPSA) is 42.4 Å². The third-order valence-electron chi connectivity index (χ3n) is 4.96. The maximum atomic E-state index is 11.8. The largest absolute Gasteiger partial charge is 0.466 e. The van der Waals surface area contributed by atoms with Gasteiger partial charge in [-0.1, -0.05) is 38.1 Å². The molecule has 0 aliphatic carbocycles. The second-order valence-corrected chi connectivity index (χ2v) is 8.33. The van der Waals surface area contributed by atoms with Gasteiger partial charge in [0.2, 0.25) is 0 Å². The molecule has 26 heavy (non-hydrogen) atoms. The van der Waals surface area contributed by atoms with Gasteiger partial charge < -0.3 is 4.74 Å². The molecule has 1 aromatic carbocycles. The summed E-state index contributed by atoms with van der Waals surface area (Å²) in [7, 11) is 0. The third-order valence-corrected chi connectivity index (χ3v) is 6.00. The van der Waals surface area contributed by atoms with E-state index in [0.717, 1.165) is 37.5 Å². The van der Waals surface area contributed by atoms with E-state index in [9.17, 15) is 4.79 Å². The minimum Gasteiger partial charge on any atom is -0.466 e. The SMILES string of the molecule is CCOC(=O)C1CCN(Cc2cnc(-c3ccc(C(C)C)cc3)s2)CC1. The lowest BCUT2D eigenvalue weighted by Gasteiger charge is -2.30. The number of aromatic nitrogens is 1. The summed E-state index contributed by atoms with van der Waals surface area (Å²) < 4.78 is 5.14. The number of thiazole rings is 1. The van der Waals surface area contributed by atoms with Crippen LogP contribution >= 0.6 is 11.3 Å². The van der Waals surface area contributed by atoms with Crippen LogP contribution < -0.4 is 0 Å². The van der Waals surface area contributed by atoms with Gasteiger partial charge in [-0.3, -0.25) is 9.69 Å². The Morgan fingerprint density at radius 2 is 1.96 bits per heavy atom. The minimum absolute atomic E-state index is 0.0305. The molecular formula is C21H28N2O2S. The first-order valence-corrected chi connectivity index (χ1v) is 10.3. The summed E-state index contributed by atoms with van der Waals surface area (Å²) in [6.45, 7) is 9.56. The summed E-state index contributed by atoms with van der Waals surface area (Å²) in [5.74, 6) is 0.591. The van der Waals surface area contributed by atoms with Gasteiger partial charge in [0, 0.05) is 23.2 Å². The molecule has 1 aliphatic rings. The number of carbonyl (C=O) groups excluding carboxylic acids is 1. The Balaban J connectivity index is 1.55. The Bertz CT molecular complexity index is 716. The molecule has 0 spiro atoms. The highest BCUT2D eigenvalue weighted by Crippen LogP contribution is 2.28. The highest BCUT2D eigenvalue weighted by molar-refractivity contribution is 7.15. The molecule has 0 saturated carbocycles. The van der Waals surface area contributed by atoms with Crippen molar-refractivity contribution in [2.75, 3.05) is 19.7 Å². The van der Waals surface area contributed by atoms with Crippen LogP contribution in [0.25, 0.3) is 10.6 Å². The molecular weight excluding hydrogens is 344 g/mol. The number of likely N-dealkylation sites (tertiary alicyclic amines) is 1. The second kappa shape index (κ2) is 8.78. The van der Waals surface area contributed by atoms with Gasteiger partial charge in [0.25, 0.3) is 0 Å². The Morgan fingerprint density at radius 3 is 2.58 bits per heavy atom. The molecule has 4 nitrogen and oxygen atoms in total. The van der Waals surface area contributed by atoms with Crippen molar-refractivity contribution in [2.45, 2.75) is 46.1 Å². The highest BCUT2D eigenvalue weighted by atomic mass is 32.1. The average Bonchev–Trinajstić information content (AvgIpc) is 3.11. The molecule has 3 rings (SSSR count). The molecule has 0 unspecified atom stereocenters. The van der Waals surface area contributed by atoms with E-state index in [0.29, 0.717) is 12.5 Å². The minimum atomic E-state index is -0.0305. The molecule has 1 saturated heterocycles. The lowest BCUT2D eigenvalue weighted by Crippen LogP contribution is -2.36. The van der Waals surface area contributed by atoms with Crippen molar-refractivity contribution < 1.29 is 9.53 Å². The average molecular weight is 373 g/mol. The van der Waals surface area contributed by atoms with E-state index in [2.05, 4.69) is 48.0 Å². The van der Waals surface area contributed by atoms with E-state index in [4.69, 9.17) is 4.74 Å². The third kappa shape index (κ3) is 4.71. The normalized spacial score (nSPS) is 16.2. The molecule has 0 amide bonds. The Kier molecular flexibility index (Phi) is 6.43. The monoisotopic (exact) mass is 372 g/mol. The number of hydrogen-bond acceptors (Lipinski definition) is 5. The molecule has 2 aromatic rings. The maximum Gasteiger partial charge on any atom is 0.309 e. The molecule has 0 radical (unpaired) electrons. The smallest absolute Gasteiger partial charge is 0.309 e. The van der Waals surface area contributed by atoms with Crippen LogP contribution in [0, 0.1) is 5.92 Å². The van der Waals surface area contributed by atoms with E-state index in [1.807, 2.05) is 13.1 Å². The second-order valence-electron chi connectivity index (χ2n) is 7.21. The zero-order valence-corrected chi connectivity index (χ0v) is 16.7. The number of piperidine rings is 1. The number of ether oxygens (including phenoxy) is 1. The van der Waals surface area contributed by atoms with Crippen molar-refractivity contribution in [1.82, 2.24) is 9.88 Å². The van der Waals surface area contributed by atoms with Gasteiger partial charge in [0.1, 0.15) is 5.01 Å². The van der Waals surface area contributed by atoms with Crippen LogP contribution in [0.15, 0.2) is 30.5 Å². The highest BCUT2D eigenvalue weighted by Gasteiger charge is 2.26. The van der Waals surface area contributed by atoms with Crippen LogP contribution in [0.5, 0.6) is 0 Å². The van der Waals surface area contributed by atoms with Crippen molar-refractivity contribution in [3.63, 3.8) is 0 Å². The van der Waals surface area contributed by atoms with Gasteiger partial charge in [-0.15, -0.1) is 11.3 Å². The summed E-state index contributed by atoms with van der Waals surface area (Å²) in [6, 6.07) is 8.73. The predicted octanol–water partition coefficient (Wildman–Crippen LogP) is 4.71. The molecule has 5 heteroatoms. The first-order chi connectivity index (χ1) is 12.6. The van der Waals surface area contributed by atoms with Gasteiger partial charge in [-0.05, 0) is 44.3 Å². The zero-order chi connectivity index (χ0) is 18.5. The van der Waals surface area contributed by atoms with Crippen molar-refractivity contribution in [3.05, 3.63) is 40.9 Å². The van der Waals surface area contributed by atoms with Gasteiger partial charge in [-0.2, -0.15) is 0 Å². The van der Waals surface area contributed by atoms with Crippen molar-refractivity contribution in [3.8, 4) is 10.6 Å². The van der Waals surface area contributed by atoms with Gasteiger partial charge >= 0.3 is 5.97 Å². The standard InChI is InChI=1S/C21H28N2O2S/c1-4-25-21(24)18-9-11-23(12-10-18)14-19-13-22-20(26-19)17-7-5-16(6-8-17)15(2)3/h5-8,13,15,18H,4,9-12,14H2,1-3H3. The van der Waals surface area contributed by atoms with Crippen LogP contribution in [0.1, 0.15) is 50.0 Å².